The maximum Gasteiger partial charge on any atom is 0.511 e. The van der Waals surface area contributed by atoms with Gasteiger partial charge in [-0.05, 0) is 76.6 Å². The Morgan fingerprint density at radius 1 is 0.738 bits per heavy atom. The number of hydrogen-bond acceptors (Lipinski definition) is 10. The summed E-state index contributed by atoms with van der Waals surface area (Å²) in [7, 11) is 0. The molecule has 13 heteroatoms. The van der Waals surface area contributed by atoms with E-state index in [0.717, 1.165) is 51.3 Å². The highest BCUT2D eigenvalue weighted by atomic mass is 16.8. The van der Waals surface area contributed by atoms with E-state index in [1.165, 1.54) is 11.8 Å². The molecule has 0 radical (unpaired) electrons. The fourth-order valence-electron chi connectivity index (χ4n) is 9.21. The quantitative estimate of drug-likeness (QED) is 0.0555. The molecule has 1 unspecified atom stereocenters. The van der Waals surface area contributed by atoms with Crippen molar-refractivity contribution in [3.8, 4) is 28.2 Å². The zero-order valence-electron chi connectivity index (χ0n) is 37.4. The lowest BCUT2D eigenvalue weighted by Gasteiger charge is -2.42. The number of rotatable bonds is 15. The zero-order chi connectivity index (χ0) is 45.6. The second-order valence-electron chi connectivity index (χ2n) is 16.2. The molecule has 0 bridgehead atoms. The van der Waals surface area contributed by atoms with E-state index in [1.54, 1.807) is 6.92 Å². The molecule has 0 fully saturated rings. The molecule has 1 aliphatic heterocycles. The van der Waals surface area contributed by atoms with Crippen molar-refractivity contribution in [3.05, 3.63) is 173 Å². The number of carbonyl (C=O) groups is 3. The molecule has 7 aromatic rings. The summed E-state index contributed by atoms with van der Waals surface area (Å²) in [6, 6.07) is 47.0. The predicted molar refractivity (Wildman–Crippen MR) is 246 cm³/mol. The first kappa shape index (κ1) is 44.2. The molecule has 1 amide bonds. The standard InChI is InChI=1S/C52H53N7O6/c1-6-20-46-53-45-33-34-57(36(4)60)51(5,49(61)63-35-64-50(62)65-42(7-2)8-3)47(45)58(46)41-31-29-37(30-32-41)43-27-18-19-28-44(43)48-54-55-56-59(48)52(38-21-12-9-13-22-38,39-23-14-10-15-24-39)40-25-16-11-17-26-40/h9-19,21-32,42H,6-8,20,33-35H2,1-5H3. The number of amides is 1. The van der Waals surface area contributed by atoms with Crippen molar-refractivity contribution in [1.29, 1.82) is 0 Å². The van der Waals surface area contributed by atoms with Gasteiger partial charge in [-0.15, -0.1) is 5.10 Å². The Bertz CT molecular complexity index is 2650. The number of hydrogen-bond donors (Lipinski definition) is 0. The van der Waals surface area contributed by atoms with Gasteiger partial charge < -0.3 is 19.1 Å². The molecule has 0 saturated carbocycles. The van der Waals surface area contributed by atoms with Crippen LogP contribution in [0.5, 0.6) is 0 Å². The minimum Gasteiger partial charge on any atom is -0.431 e. The van der Waals surface area contributed by atoms with Gasteiger partial charge in [-0.3, -0.25) is 9.36 Å². The third kappa shape index (κ3) is 8.18. The van der Waals surface area contributed by atoms with E-state index in [4.69, 9.17) is 29.5 Å². The van der Waals surface area contributed by atoms with Gasteiger partial charge in [0.25, 0.3) is 0 Å². The van der Waals surface area contributed by atoms with Gasteiger partial charge in [-0.1, -0.05) is 148 Å². The molecule has 8 rings (SSSR count). The molecule has 1 atom stereocenters. The van der Waals surface area contributed by atoms with Crippen molar-refractivity contribution in [1.82, 2.24) is 34.7 Å². The number of benzene rings is 5. The fraction of sp³-hybridized carbons (Fsp3) is 0.288. The van der Waals surface area contributed by atoms with Crippen molar-refractivity contribution < 1.29 is 28.6 Å². The van der Waals surface area contributed by atoms with Crippen LogP contribution in [0.1, 0.15) is 87.8 Å². The molecular weight excluding hydrogens is 819 g/mol. The molecule has 1 aliphatic rings. The lowest BCUT2D eigenvalue weighted by Crippen LogP contribution is -2.57. The van der Waals surface area contributed by atoms with Gasteiger partial charge in [-0.25, -0.2) is 19.3 Å². The molecule has 13 nitrogen and oxygen atoms in total. The van der Waals surface area contributed by atoms with E-state index < -0.39 is 30.0 Å². The van der Waals surface area contributed by atoms with Crippen LogP contribution in [0.4, 0.5) is 4.79 Å². The van der Waals surface area contributed by atoms with Crippen LogP contribution in [-0.4, -0.2) is 72.1 Å². The summed E-state index contributed by atoms with van der Waals surface area (Å²) in [5, 5.41) is 13.9. The van der Waals surface area contributed by atoms with Crippen LogP contribution in [0.15, 0.2) is 140 Å². The van der Waals surface area contributed by atoms with Crippen molar-refractivity contribution in [2.75, 3.05) is 13.3 Å². The topological polar surface area (TPSA) is 144 Å². The summed E-state index contributed by atoms with van der Waals surface area (Å²) in [6.45, 7) is 8.56. The maximum atomic E-state index is 14.3. The van der Waals surface area contributed by atoms with Gasteiger partial charge in [-0.2, -0.15) is 0 Å². The number of nitrogens with zero attached hydrogens (tertiary/aromatic N) is 7. The highest BCUT2D eigenvalue weighted by Crippen LogP contribution is 2.44. The smallest absolute Gasteiger partial charge is 0.431 e. The van der Waals surface area contributed by atoms with E-state index in [0.29, 0.717) is 42.9 Å². The fourth-order valence-corrected chi connectivity index (χ4v) is 9.21. The molecule has 0 spiro atoms. The summed E-state index contributed by atoms with van der Waals surface area (Å²) in [5.41, 5.74) is 5.02. The Morgan fingerprint density at radius 3 is 1.86 bits per heavy atom. The number of aromatic nitrogens is 6. The van der Waals surface area contributed by atoms with E-state index >= 15 is 0 Å². The third-order valence-corrected chi connectivity index (χ3v) is 12.4. The van der Waals surface area contributed by atoms with Crippen molar-refractivity contribution in [2.45, 2.75) is 83.9 Å². The maximum absolute atomic E-state index is 14.3. The van der Waals surface area contributed by atoms with E-state index in [2.05, 4.69) is 54.6 Å². The number of imidazole rings is 1. The predicted octanol–water partition coefficient (Wildman–Crippen LogP) is 9.45. The number of esters is 1. The Morgan fingerprint density at radius 2 is 1.31 bits per heavy atom. The first-order chi connectivity index (χ1) is 31.7. The summed E-state index contributed by atoms with van der Waals surface area (Å²) in [4.78, 5) is 46.6. The van der Waals surface area contributed by atoms with E-state index in [-0.39, 0.29) is 18.6 Å². The van der Waals surface area contributed by atoms with Crippen LogP contribution in [0.2, 0.25) is 0 Å². The van der Waals surface area contributed by atoms with Crippen LogP contribution in [0, 0.1) is 0 Å². The number of fused-ring (bicyclic) bond motifs is 1. The average Bonchev–Trinajstić information content (AvgIpc) is 3.98. The Hall–Kier alpha value is -7.41. The van der Waals surface area contributed by atoms with Gasteiger partial charge in [0.1, 0.15) is 17.5 Å². The number of ether oxygens (including phenoxy) is 3. The van der Waals surface area contributed by atoms with Crippen LogP contribution < -0.4 is 0 Å². The first-order valence-corrected chi connectivity index (χ1v) is 22.2. The van der Waals surface area contributed by atoms with Crippen molar-refractivity contribution >= 4 is 18.0 Å². The molecule has 0 saturated heterocycles. The van der Waals surface area contributed by atoms with Crippen molar-refractivity contribution in [3.63, 3.8) is 0 Å². The van der Waals surface area contributed by atoms with Gasteiger partial charge in [0.05, 0.1) is 11.4 Å². The molecule has 332 valence electrons. The zero-order valence-corrected chi connectivity index (χ0v) is 37.4. The van der Waals surface area contributed by atoms with Gasteiger partial charge in [0, 0.05) is 37.6 Å². The molecule has 2 aromatic heterocycles. The Balaban J connectivity index is 1.20. The highest BCUT2D eigenvalue weighted by Gasteiger charge is 2.52. The normalized spacial score (nSPS) is 14.8. The number of aryl methyl sites for hydroxylation is 1. The highest BCUT2D eigenvalue weighted by molar-refractivity contribution is 5.89. The second kappa shape index (κ2) is 19.1. The number of carbonyl (C=O) groups excluding carboxylic acids is 3. The van der Waals surface area contributed by atoms with Gasteiger partial charge >= 0.3 is 12.1 Å². The molecule has 0 aliphatic carbocycles. The van der Waals surface area contributed by atoms with Gasteiger partial charge in [0.15, 0.2) is 11.4 Å². The first-order valence-electron chi connectivity index (χ1n) is 22.2. The molecule has 65 heavy (non-hydrogen) atoms. The summed E-state index contributed by atoms with van der Waals surface area (Å²) in [5.74, 6) is 0.257. The average molecular weight is 872 g/mol. The van der Waals surface area contributed by atoms with Crippen LogP contribution >= 0.6 is 0 Å². The molecular formula is C52H53N7O6. The lowest BCUT2D eigenvalue weighted by molar-refractivity contribution is -0.173. The molecule has 5 aromatic carbocycles. The van der Waals surface area contributed by atoms with Crippen LogP contribution in [-0.2, 0) is 47.7 Å². The monoisotopic (exact) mass is 871 g/mol. The van der Waals surface area contributed by atoms with Gasteiger partial charge in [0.2, 0.25) is 12.7 Å². The summed E-state index contributed by atoms with van der Waals surface area (Å²) in [6.07, 6.45) is 1.84. The van der Waals surface area contributed by atoms with Crippen LogP contribution in [0.25, 0.3) is 28.2 Å². The second-order valence-corrected chi connectivity index (χ2v) is 16.2. The Kier molecular flexibility index (Phi) is 13.0. The van der Waals surface area contributed by atoms with Crippen LogP contribution in [0.3, 0.4) is 0 Å². The molecule has 0 N–H and O–H groups in total. The van der Waals surface area contributed by atoms with Crippen molar-refractivity contribution in [2.24, 2.45) is 0 Å². The summed E-state index contributed by atoms with van der Waals surface area (Å²) >= 11 is 0. The minimum absolute atomic E-state index is 0.253. The van der Waals surface area contributed by atoms with E-state index in [1.807, 2.05) is 120 Å². The summed E-state index contributed by atoms with van der Waals surface area (Å²) < 4.78 is 20.0. The molecule has 3 heterocycles. The Labute approximate surface area is 379 Å². The lowest BCUT2D eigenvalue weighted by atomic mass is 9.77. The third-order valence-electron chi connectivity index (χ3n) is 12.4. The number of tetrazole rings is 1. The largest absolute Gasteiger partial charge is 0.511 e. The van der Waals surface area contributed by atoms with E-state index in [9.17, 15) is 14.4 Å². The SMILES string of the molecule is CCCc1nc2c(n1-c1ccc(-c3ccccc3-c3nnnn3C(c3ccccc3)(c3ccccc3)c3ccccc3)cc1)C(C)(C(=O)OCOC(=O)OC(CC)CC)N(C(C)=O)CC2. The minimum atomic E-state index is -1.61.